The fourth-order valence-corrected chi connectivity index (χ4v) is 2.52. The Labute approximate surface area is 169 Å². The van der Waals surface area contributed by atoms with Crippen LogP contribution in [0.3, 0.4) is 0 Å². The zero-order valence-corrected chi connectivity index (χ0v) is 17.0. The standard InChI is InChI=1S/C21H26N2O6/c1-14(2)19(22-20(25)15-7-9-16(27-4)10-8-15)21(26)29-13-18(24)23(3)12-17-6-5-11-28-17/h5-11,14,19H,12-13H2,1-4H3,(H,22,25). The van der Waals surface area contributed by atoms with Crippen molar-refractivity contribution >= 4 is 17.8 Å². The van der Waals surface area contributed by atoms with E-state index in [1.807, 2.05) is 0 Å². The molecule has 2 rings (SSSR count). The zero-order valence-electron chi connectivity index (χ0n) is 17.0. The lowest BCUT2D eigenvalue weighted by Gasteiger charge is -2.22. The lowest BCUT2D eigenvalue weighted by molar-refractivity contribution is -0.154. The molecule has 0 bridgehead atoms. The third-order valence-electron chi connectivity index (χ3n) is 4.30. The number of carbonyl (C=O) groups excluding carboxylic acids is 3. The molecular formula is C21H26N2O6. The first-order valence-corrected chi connectivity index (χ1v) is 9.19. The summed E-state index contributed by atoms with van der Waals surface area (Å²) in [7, 11) is 3.12. The van der Waals surface area contributed by atoms with Crippen LogP contribution in [0.5, 0.6) is 5.75 Å². The predicted molar refractivity (Wildman–Crippen MR) is 105 cm³/mol. The van der Waals surface area contributed by atoms with Crippen molar-refractivity contribution in [3.05, 3.63) is 54.0 Å². The number of hydrogen-bond acceptors (Lipinski definition) is 6. The number of hydrogen-bond donors (Lipinski definition) is 1. The highest BCUT2D eigenvalue weighted by Crippen LogP contribution is 2.13. The number of furan rings is 1. The van der Waals surface area contributed by atoms with Crippen molar-refractivity contribution in [3.63, 3.8) is 0 Å². The average molecular weight is 402 g/mol. The van der Waals surface area contributed by atoms with Gasteiger partial charge in [0, 0.05) is 12.6 Å². The van der Waals surface area contributed by atoms with Crippen molar-refractivity contribution < 1.29 is 28.3 Å². The molecule has 29 heavy (non-hydrogen) atoms. The van der Waals surface area contributed by atoms with Gasteiger partial charge in [-0.25, -0.2) is 4.79 Å². The SMILES string of the molecule is COc1ccc(C(=O)NC(C(=O)OCC(=O)N(C)Cc2ccco2)C(C)C)cc1. The number of likely N-dealkylation sites (N-methyl/N-ethyl adjacent to an activating group) is 1. The van der Waals surface area contributed by atoms with Gasteiger partial charge < -0.3 is 24.1 Å². The van der Waals surface area contributed by atoms with E-state index in [0.29, 0.717) is 17.1 Å². The van der Waals surface area contributed by atoms with Crippen LogP contribution in [0.15, 0.2) is 47.1 Å². The number of methoxy groups -OCH3 is 1. The summed E-state index contributed by atoms with van der Waals surface area (Å²) >= 11 is 0. The summed E-state index contributed by atoms with van der Waals surface area (Å²) in [4.78, 5) is 38.5. The number of benzene rings is 1. The maximum absolute atomic E-state index is 12.4. The molecule has 1 atom stereocenters. The number of ether oxygens (including phenoxy) is 2. The second-order valence-electron chi connectivity index (χ2n) is 6.86. The van der Waals surface area contributed by atoms with Crippen LogP contribution in [0.25, 0.3) is 0 Å². The van der Waals surface area contributed by atoms with E-state index >= 15 is 0 Å². The molecule has 1 aromatic heterocycles. The molecule has 1 N–H and O–H groups in total. The number of nitrogens with one attached hydrogen (secondary N) is 1. The maximum atomic E-state index is 12.4. The van der Waals surface area contributed by atoms with Crippen molar-refractivity contribution in [2.24, 2.45) is 5.92 Å². The van der Waals surface area contributed by atoms with Gasteiger partial charge >= 0.3 is 5.97 Å². The second-order valence-corrected chi connectivity index (χ2v) is 6.86. The van der Waals surface area contributed by atoms with Gasteiger partial charge in [-0.2, -0.15) is 0 Å². The molecule has 0 saturated carbocycles. The Morgan fingerprint density at radius 2 is 1.83 bits per heavy atom. The summed E-state index contributed by atoms with van der Waals surface area (Å²) in [5.74, 6) is -0.428. The molecule has 0 aliphatic heterocycles. The Bertz CT molecular complexity index is 814. The average Bonchev–Trinajstić information content (AvgIpc) is 3.22. The van der Waals surface area contributed by atoms with E-state index in [0.717, 1.165) is 0 Å². The topological polar surface area (TPSA) is 98.1 Å². The van der Waals surface area contributed by atoms with Gasteiger partial charge in [-0.15, -0.1) is 0 Å². The lowest BCUT2D eigenvalue weighted by atomic mass is 10.0. The summed E-state index contributed by atoms with van der Waals surface area (Å²) in [6.45, 7) is 3.42. The second kappa shape index (κ2) is 10.3. The fraction of sp³-hybridized carbons (Fsp3) is 0.381. The minimum atomic E-state index is -0.882. The van der Waals surface area contributed by atoms with Crippen LogP contribution < -0.4 is 10.1 Å². The largest absolute Gasteiger partial charge is 0.497 e. The van der Waals surface area contributed by atoms with E-state index in [1.54, 1.807) is 57.3 Å². The van der Waals surface area contributed by atoms with Crippen LogP contribution in [0.2, 0.25) is 0 Å². The minimum absolute atomic E-state index is 0.222. The molecule has 1 heterocycles. The Balaban J connectivity index is 1.90. The van der Waals surface area contributed by atoms with Crippen molar-refractivity contribution in [2.45, 2.75) is 26.4 Å². The molecule has 8 heteroatoms. The summed E-state index contributed by atoms with van der Waals surface area (Å²) < 4.78 is 15.4. The summed E-state index contributed by atoms with van der Waals surface area (Å²) in [6.07, 6.45) is 1.52. The van der Waals surface area contributed by atoms with Gasteiger partial charge in [0.25, 0.3) is 11.8 Å². The minimum Gasteiger partial charge on any atom is -0.497 e. The molecule has 0 saturated heterocycles. The van der Waals surface area contributed by atoms with Crippen molar-refractivity contribution in [3.8, 4) is 5.75 Å². The number of esters is 1. The molecule has 2 aromatic rings. The van der Waals surface area contributed by atoms with E-state index in [2.05, 4.69) is 5.32 Å². The lowest BCUT2D eigenvalue weighted by Crippen LogP contribution is -2.46. The van der Waals surface area contributed by atoms with Crippen LogP contribution in [0.4, 0.5) is 0 Å². The highest BCUT2D eigenvalue weighted by Gasteiger charge is 2.27. The Morgan fingerprint density at radius 1 is 1.14 bits per heavy atom. The number of nitrogens with zero attached hydrogens (tertiary/aromatic N) is 1. The molecule has 156 valence electrons. The van der Waals surface area contributed by atoms with E-state index < -0.39 is 24.5 Å². The van der Waals surface area contributed by atoms with Crippen LogP contribution in [-0.2, 0) is 20.9 Å². The van der Waals surface area contributed by atoms with Gasteiger partial charge in [0.2, 0.25) is 0 Å². The van der Waals surface area contributed by atoms with Gasteiger partial charge in [-0.05, 0) is 42.3 Å². The number of amides is 2. The van der Waals surface area contributed by atoms with Gasteiger partial charge in [0.05, 0.1) is 19.9 Å². The highest BCUT2D eigenvalue weighted by molar-refractivity contribution is 5.97. The molecule has 0 fully saturated rings. The van der Waals surface area contributed by atoms with Crippen molar-refractivity contribution in [2.75, 3.05) is 20.8 Å². The molecule has 2 amide bonds. The number of carbonyl (C=O) groups is 3. The highest BCUT2D eigenvalue weighted by atomic mass is 16.5. The molecule has 1 unspecified atom stereocenters. The molecule has 0 aliphatic rings. The maximum Gasteiger partial charge on any atom is 0.329 e. The van der Waals surface area contributed by atoms with Crippen LogP contribution in [-0.4, -0.2) is 49.5 Å². The predicted octanol–water partition coefficient (Wildman–Crippen LogP) is 2.24. The normalized spacial score (nSPS) is 11.6. The quantitative estimate of drug-likeness (QED) is 0.646. The third kappa shape index (κ3) is 6.38. The van der Waals surface area contributed by atoms with E-state index in [9.17, 15) is 14.4 Å². The van der Waals surface area contributed by atoms with Crippen molar-refractivity contribution in [1.82, 2.24) is 10.2 Å². The molecule has 0 aliphatic carbocycles. The first-order valence-electron chi connectivity index (χ1n) is 9.19. The fourth-order valence-electron chi connectivity index (χ4n) is 2.52. The van der Waals surface area contributed by atoms with Crippen LogP contribution in [0.1, 0.15) is 30.0 Å². The third-order valence-corrected chi connectivity index (χ3v) is 4.30. The number of rotatable bonds is 9. The molecule has 0 radical (unpaired) electrons. The molecule has 8 nitrogen and oxygen atoms in total. The smallest absolute Gasteiger partial charge is 0.329 e. The van der Waals surface area contributed by atoms with E-state index in [1.165, 1.54) is 18.3 Å². The van der Waals surface area contributed by atoms with Crippen molar-refractivity contribution in [1.29, 1.82) is 0 Å². The Morgan fingerprint density at radius 3 is 2.38 bits per heavy atom. The van der Waals surface area contributed by atoms with Gasteiger partial charge in [0.15, 0.2) is 6.61 Å². The first kappa shape index (κ1) is 22.0. The summed E-state index contributed by atoms with van der Waals surface area (Å²) in [5, 5.41) is 2.67. The summed E-state index contributed by atoms with van der Waals surface area (Å²) in [6, 6.07) is 9.11. The first-order chi connectivity index (χ1) is 13.8. The molecular weight excluding hydrogens is 376 g/mol. The van der Waals surface area contributed by atoms with Gasteiger partial charge in [0.1, 0.15) is 17.6 Å². The van der Waals surface area contributed by atoms with Gasteiger partial charge in [-0.3, -0.25) is 9.59 Å². The molecule has 1 aromatic carbocycles. The van der Waals surface area contributed by atoms with E-state index in [-0.39, 0.29) is 18.4 Å². The monoisotopic (exact) mass is 402 g/mol. The van der Waals surface area contributed by atoms with Crippen LogP contribution >= 0.6 is 0 Å². The van der Waals surface area contributed by atoms with Crippen LogP contribution in [0, 0.1) is 5.92 Å². The Hall–Kier alpha value is -3.29. The van der Waals surface area contributed by atoms with E-state index in [4.69, 9.17) is 13.9 Å². The summed E-state index contributed by atoms with van der Waals surface area (Å²) in [5.41, 5.74) is 0.388. The Kier molecular flexibility index (Phi) is 7.82. The molecule has 0 spiro atoms. The van der Waals surface area contributed by atoms with Gasteiger partial charge in [-0.1, -0.05) is 13.8 Å². The zero-order chi connectivity index (χ0) is 21.4.